The largest absolute Gasteiger partial charge is 0.367 e. The third kappa shape index (κ3) is 2.93. The summed E-state index contributed by atoms with van der Waals surface area (Å²) in [6.07, 6.45) is 0. The minimum Gasteiger partial charge on any atom is -0.367 e. The van der Waals surface area contributed by atoms with E-state index in [1.165, 1.54) is 0 Å². The lowest BCUT2D eigenvalue weighted by Gasteiger charge is -2.49. The Morgan fingerprint density at radius 2 is 1.61 bits per heavy atom. The number of nitrogens with zero attached hydrogens (tertiary/aromatic N) is 1. The molecule has 2 nitrogen and oxygen atoms in total. The summed E-state index contributed by atoms with van der Waals surface area (Å²) in [5, 5.41) is 4.91. The van der Waals surface area contributed by atoms with E-state index in [1.54, 1.807) is 0 Å². The molecule has 1 aliphatic heterocycles. The van der Waals surface area contributed by atoms with Crippen molar-refractivity contribution in [2.75, 3.05) is 18.0 Å². The molecule has 0 saturated carbocycles. The molecule has 0 amide bonds. The van der Waals surface area contributed by atoms with E-state index in [2.05, 4.69) is 37.9 Å². The topological polar surface area (TPSA) is 15.3 Å². The molecule has 0 spiro atoms. The maximum atomic E-state index is 6.32. The Hall–Kier alpha value is -0.440. The number of benzene rings is 1. The smallest absolute Gasteiger partial charge is 0.0825 e. The zero-order valence-corrected chi connectivity index (χ0v) is 12.9. The first-order chi connectivity index (χ1) is 8.20. The Bertz CT molecular complexity index is 439. The first-order valence-electron chi connectivity index (χ1n) is 6.19. The standard InChI is InChI=1S/C14H20Cl2N2/c1-13(2)8-18(9-14(3,4)17-13)11-7-5-6-10(15)12(11)16/h5-7,17H,8-9H2,1-4H3. The van der Waals surface area contributed by atoms with Gasteiger partial charge < -0.3 is 10.2 Å². The van der Waals surface area contributed by atoms with Crippen molar-refractivity contribution in [2.45, 2.75) is 38.8 Å². The second kappa shape index (κ2) is 4.59. The van der Waals surface area contributed by atoms with Crippen molar-refractivity contribution in [3.8, 4) is 0 Å². The first-order valence-corrected chi connectivity index (χ1v) is 6.94. The summed E-state index contributed by atoms with van der Waals surface area (Å²) in [6.45, 7) is 10.7. The summed E-state index contributed by atoms with van der Waals surface area (Å²) in [6, 6.07) is 5.81. The SMILES string of the molecule is CC1(C)CN(c2cccc(Cl)c2Cl)CC(C)(C)N1. The van der Waals surface area contributed by atoms with Gasteiger partial charge in [-0.05, 0) is 39.8 Å². The molecule has 1 aromatic carbocycles. The molecule has 0 bridgehead atoms. The van der Waals surface area contributed by atoms with Crippen molar-refractivity contribution in [3.63, 3.8) is 0 Å². The van der Waals surface area contributed by atoms with E-state index in [1.807, 2.05) is 18.2 Å². The fourth-order valence-electron chi connectivity index (χ4n) is 2.91. The number of nitrogens with one attached hydrogen (secondary N) is 1. The maximum Gasteiger partial charge on any atom is 0.0825 e. The molecular formula is C14H20Cl2N2. The Labute approximate surface area is 119 Å². The van der Waals surface area contributed by atoms with Gasteiger partial charge in [0.15, 0.2) is 0 Å². The van der Waals surface area contributed by atoms with Crippen molar-refractivity contribution in [3.05, 3.63) is 28.2 Å². The van der Waals surface area contributed by atoms with Gasteiger partial charge in [-0.1, -0.05) is 29.3 Å². The first kappa shape index (κ1) is 14.0. The number of halogens is 2. The van der Waals surface area contributed by atoms with Gasteiger partial charge in [-0.25, -0.2) is 0 Å². The van der Waals surface area contributed by atoms with Crippen LogP contribution in [0.25, 0.3) is 0 Å². The summed E-state index contributed by atoms with van der Waals surface area (Å²) in [5.41, 5.74) is 1.12. The Morgan fingerprint density at radius 3 is 2.17 bits per heavy atom. The average Bonchev–Trinajstić information content (AvgIpc) is 2.17. The lowest BCUT2D eigenvalue weighted by Crippen LogP contribution is -2.67. The van der Waals surface area contributed by atoms with Gasteiger partial charge in [0.2, 0.25) is 0 Å². The lowest BCUT2D eigenvalue weighted by atomic mass is 9.91. The van der Waals surface area contributed by atoms with E-state index in [-0.39, 0.29) is 11.1 Å². The minimum atomic E-state index is 0.0490. The highest BCUT2D eigenvalue weighted by molar-refractivity contribution is 6.43. The fraction of sp³-hybridized carbons (Fsp3) is 0.571. The molecule has 1 saturated heterocycles. The maximum absolute atomic E-state index is 6.32. The van der Waals surface area contributed by atoms with E-state index in [9.17, 15) is 0 Å². The van der Waals surface area contributed by atoms with E-state index >= 15 is 0 Å². The zero-order valence-electron chi connectivity index (χ0n) is 11.3. The Kier molecular flexibility index (Phi) is 3.56. The van der Waals surface area contributed by atoms with Crippen molar-refractivity contribution < 1.29 is 0 Å². The highest BCUT2D eigenvalue weighted by atomic mass is 35.5. The lowest BCUT2D eigenvalue weighted by molar-refractivity contribution is 0.226. The number of hydrogen-bond donors (Lipinski definition) is 1. The van der Waals surface area contributed by atoms with E-state index in [0.717, 1.165) is 18.8 Å². The Balaban J connectivity index is 2.36. The second-order valence-electron chi connectivity index (χ2n) is 6.32. The predicted molar refractivity (Wildman–Crippen MR) is 80.0 cm³/mol. The van der Waals surface area contributed by atoms with Crippen LogP contribution in [0.3, 0.4) is 0 Å². The molecule has 100 valence electrons. The molecule has 18 heavy (non-hydrogen) atoms. The summed E-state index contributed by atoms with van der Waals surface area (Å²) in [4.78, 5) is 2.31. The molecule has 2 rings (SSSR count). The van der Waals surface area contributed by atoms with Crippen LogP contribution in [0.2, 0.25) is 10.0 Å². The van der Waals surface area contributed by atoms with Crippen LogP contribution in [-0.2, 0) is 0 Å². The van der Waals surface area contributed by atoms with E-state index in [0.29, 0.717) is 10.0 Å². The molecular weight excluding hydrogens is 267 g/mol. The summed E-state index contributed by atoms with van der Waals surface area (Å²) >= 11 is 12.4. The second-order valence-corrected chi connectivity index (χ2v) is 7.11. The molecule has 0 atom stereocenters. The molecule has 1 aromatic rings. The molecule has 4 heteroatoms. The highest BCUT2D eigenvalue weighted by Gasteiger charge is 2.37. The molecule has 1 fully saturated rings. The van der Waals surface area contributed by atoms with Gasteiger partial charge in [-0.15, -0.1) is 0 Å². The van der Waals surface area contributed by atoms with Gasteiger partial charge in [0, 0.05) is 24.2 Å². The fourth-order valence-corrected chi connectivity index (χ4v) is 3.33. The van der Waals surface area contributed by atoms with Crippen LogP contribution in [-0.4, -0.2) is 24.2 Å². The van der Waals surface area contributed by atoms with Gasteiger partial charge in [0.1, 0.15) is 0 Å². The molecule has 0 unspecified atom stereocenters. The zero-order chi connectivity index (χ0) is 13.6. The Morgan fingerprint density at radius 1 is 1.06 bits per heavy atom. The van der Waals surface area contributed by atoms with Crippen LogP contribution in [0.5, 0.6) is 0 Å². The number of anilines is 1. The molecule has 1 N–H and O–H groups in total. The molecule has 0 radical (unpaired) electrons. The third-order valence-corrected chi connectivity index (χ3v) is 3.93. The minimum absolute atomic E-state index is 0.0490. The van der Waals surface area contributed by atoms with Crippen molar-refractivity contribution in [1.29, 1.82) is 0 Å². The van der Waals surface area contributed by atoms with Crippen LogP contribution in [0, 0.1) is 0 Å². The van der Waals surface area contributed by atoms with Crippen molar-refractivity contribution in [2.24, 2.45) is 0 Å². The average molecular weight is 287 g/mol. The van der Waals surface area contributed by atoms with E-state index in [4.69, 9.17) is 23.2 Å². The molecule has 0 aliphatic carbocycles. The summed E-state index contributed by atoms with van der Waals surface area (Å²) < 4.78 is 0. The van der Waals surface area contributed by atoms with Gasteiger partial charge >= 0.3 is 0 Å². The van der Waals surface area contributed by atoms with Crippen molar-refractivity contribution in [1.82, 2.24) is 5.32 Å². The van der Waals surface area contributed by atoms with E-state index < -0.39 is 0 Å². The molecule has 1 heterocycles. The third-order valence-electron chi connectivity index (χ3n) is 3.12. The van der Waals surface area contributed by atoms with Crippen LogP contribution in [0.15, 0.2) is 18.2 Å². The highest BCUT2D eigenvalue weighted by Crippen LogP contribution is 2.35. The van der Waals surface area contributed by atoms with Crippen LogP contribution >= 0.6 is 23.2 Å². The number of hydrogen-bond acceptors (Lipinski definition) is 2. The van der Waals surface area contributed by atoms with Crippen molar-refractivity contribution >= 4 is 28.9 Å². The molecule has 0 aromatic heterocycles. The van der Waals surface area contributed by atoms with Gasteiger partial charge in [-0.3, -0.25) is 0 Å². The normalized spacial score (nSPS) is 22.0. The molecule has 1 aliphatic rings. The van der Waals surface area contributed by atoms with Crippen LogP contribution in [0.1, 0.15) is 27.7 Å². The van der Waals surface area contributed by atoms with Crippen LogP contribution < -0.4 is 10.2 Å². The quantitative estimate of drug-likeness (QED) is 0.841. The van der Waals surface area contributed by atoms with Gasteiger partial charge in [-0.2, -0.15) is 0 Å². The monoisotopic (exact) mass is 286 g/mol. The number of piperazine rings is 1. The summed E-state index contributed by atoms with van der Waals surface area (Å²) in [7, 11) is 0. The predicted octanol–water partition coefficient (Wildman–Crippen LogP) is 3.96. The van der Waals surface area contributed by atoms with Crippen LogP contribution in [0.4, 0.5) is 5.69 Å². The summed E-state index contributed by atoms with van der Waals surface area (Å²) in [5.74, 6) is 0. The van der Waals surface area contributed by atoms with Gasteiger partial charge in [0.25, 0.3) is 0 Å². The van der Waals surface area contributed by atoms with Gasteiger partial charge in [0.05, 0.1) is 15.7 Å². The number of rotatable bonds is 1.